The molecule has 1 aliphatic heterocycles. The maximum absolute atomic E-state index is 5.84. The van der Waals surface area contributed by atoms with Crippen LogP contribution in [0.2, 0.25) is 0 Å². The van der Waals surface area contributed by atoms with Crippen LogP contribution >= 0.6 is 0 Å². The molecule has 0 atom stereocenters. The Morgan fingerprint density at radius 2 is 2.19 bits per heavy atom. The molecule has 21 heavy (non-hydrogen) atoms. The smallest absolute Gasteiger partial charge is 0.132 e. The van der Waals surface area contributed by atoms with Crippen molar-refractivity contribution in [2.24, 2.45) is 7.05 Å². The van der Waals surface area contributed by atoms with Crippen LogP contribution in [0.25, 0.3) is 0 Å². The fourth-order valence-corrected chi connectivity index (χ4v) is 2.69. The highest BCUT2D eigenvalue weighted by molar-refractivity contribution is 5.51. The van der Waals surface area contributed by atoms with Gasteiger partial charge in [0.15, 0.2) is 0 Å². The Labute approximate surface area is 124 Å². The van der Waals surface area contributed by atoms with Crippen LogP contribution in [0.1, 0.15) is 30.1 Å². The Morgan fingerprint density at radius 3 is 2.90 bits per heavy atom. The van der Waals surface area contributed by atoms with E-state index >= 15 is 0 Å². The number of nitrogens with zero attached hydrogens (tertiary/aromatic N) is 3. The third-order valence-electron chi connectivity index (χ3n) is 3.94. The summed E-state index contributed by atoms with van der Waals surface area (Å²) < 4.78 is 7.43. The van der Waals surface area contributed by atoms with E-state index in [0.717, 1.165) is 37.7 Å². The molecule has 0 unspecified atom stereocenters. The molecular weight excluding hydrogens is 266 g/mol. The second-order valence-corrected chi connectivity index (χ2v) is 5.37. The lowest BCUT2D eigenvalue weighted by Gasteiger charge is -2.24. The molecule has 0 radical (unpaired) electrons. The van der Waals surface area contributed by atoms with Gasteiger partial charge in [-0.25, -0.2) is 9.97 Å². The highest BCUT2D eigenvalue weighted by Crippen LogP contribution is 2.32. The number of ether oxygens (including phenoxy) is 1. The lowest BCUT2D eigenvalue weighted by molar-refractivity contribution is 0.0854. The normalized spacial score (nSPS) is 16.0. The van der Waals surface area contributed by atoms with Crippen molar-refractivity contribution in [1.29, 1.82) is 0 Å². The Balaban J connectivity index is 1.79. The van der Waals surface area contributed by atoms with Crippen molar-refractivity contribution in [2.45, 2.75) is 25.3 Å². The summed E-state index contributed by atoms with van der Waals surface area (Å²) in [6, 6.07) is 3.95. The summed E-state index contributed by atoms with van der Waals surface area (Å²) in [7, 11) is 1.98. The van der Waals surface area contributed by atoms with Crippen LogP contribution in [0.3, 0.4) is 0 Å². The minimum atomic E-state index is 0.482. The number of aromatic nitrogens is 3. The molecule has 2 aromatic rings. The first-order valence-corrected chi connectivity index (χ1v) is 7.28. The summed E-state index contributed by atoms with van der Waals surface area (Å²) in [4.78, 5) is 8.78. The Bertz CT molecular complexity index is 604. The lowest BCUT2D eigenvalue weighted by atomic mass is 9.92. The van der Waals surface area contributed by atoms with Crippen molar-refractivity contribution in [3.63, 3.8) is 0 Å². The second kappa shape index (κ2) is 6.13. The molecule has 1 saturated heterocycles. The zero-order valence-corrected chi connectivity index (χ0v) is 12.2. The molecule has 0 bridgehead atoms. The third kappa shape index (κ3) is 3.16. The van der Waals surface area contributed by atoms with Crippen molar-refractivity contribution in [2.75, 3.05) is 24.3 Å². The van der Waals surface area contributed by atoms with Gasteiger partial charge in [-0.2, -0.15) is 0 Å². The van der Waals surface area contributed by atoms with Crippen molar-refractivity contribution in [3.8, 4) is 0 Å². The van der Waals surface area contributed by atoms with Crippen molar-refractivity contribution in [1.82, 2.24) is 14.5 Å². The number of rotatable bonds is 4. The van der Waals surface area contributed by atoms with Gasteiger partial charge in [-0.15, -0.1) is 0 Å². The van der Waals surface area contributed by atoms with E-state index in [1.807, 2.05) is 23.9 Å². The predicted octanol–water partition coefficient (Wildman–Crippen LogP) is 1.90. The van der Waals surface area contributed by atoms with E-state index in [-0.39, 0.29) is 0 Å². The molecule has 6 nitrogen and oxygen atoms in total. The van der Waals surface area contributed by atoms with Gasteiger partial charge in [0, 0.05) is 32.7 Å². The van der Waals surface area contributed by atoms with E-state index in [4.69, 9.17) is 10.5 Å². The Hall–Kier alpha value is -2.08. The summed E-state index contributed by atoms with van der Waals surface area (Å²) in [6.07, 6.45) is 5.79. The topological polar surface area (TPSA) is 78.0 Å². The van der Waals surface area contributed by atoms with E-state index in [1.165, 1.54) is 5.56 Å². The van der Waals surface area contributed by atoms with E-state index in [2.05, 4.69) is 21.4 Å². The van der Waals surface area contributed by atoms with Crippen LogP contribution in [-0.4, -0.2) is 27.7 Å². The third-order valence-corrected chi connectivity index (χ3v) is 3.94. The summed E-state index contributed by atoms with van der Waals surface area (Å²) in [5.41, 5.74) is 7.06. The van der Waals surface area contributed by atoms with Gasteiger partial charge in [-0.3, -0.25) is 0 Å². The van der Waals surface area contributed by atoms with Crippen molar-refractivity contribution in [3.05, 3.63) is 35.9 Å². The molecule has 2 aromatic heterocycles. The van der Waals surface area contributed by atoms with Gasteiger partial charge in [-0.1, -0.05) is 6.07 Å². The molecule has 0 aliphatic carbocycles. The van der Waals surface area contributed by atoms with Crippen LogP contribution in [0.5, 0.6) is 0 Å². The molecule has 6 heteroatoms. The number of nitrogens with two attached hydrogens (primary N) is 1. The lowest BCUT2D eigenvalue weighted by Crippen LogP contribution is -2.17. The molecule has 3 N–H and O–H groups in total. The SMILES string of the molecule is Cn1ccnc1CNc1nc(N)ccc1C1CCOCC1. The number of anilines is 2. The fraction of sp³-hybridized carbons (Fsp3) is 0.467. The summed E-state index contributed by atoms with van der Waals surface area (Å²) >= 11 is 0. The first-order chi connectivity index (χ1) is 10.2. The summed E-state index contributed by atoms with van der Waals surface area (Å²) in [6.45, 7) is 2.26. The number of pyridine rings is 1. The quantitative estimate of drug-likeness (QED) is 0.898. The number of nitrogens with one attached hydrogen (secondary N) is 1. The molecular formula is C15H21N5O. The maximum Gasteiger partial charge on any atom is 0.132 e. The van der Waals surface area contributed by atoms with Gasteiger partial charge >= 0.3 is 0 Å². The van der Waals surface area contributed by atoms with Crippen molar-refractivity contribution >= 4 is 11.6 Å². The van der Waals surface area contributed by atoms with Crippen LogP contribution in [-0.2, 0) is 18.3 Å². The molecule has 1 aliphatic rings. The zero-order valence-electron chi connectivity index (χ0n) is 12.2. The summed E-state index contributed by atoms with van der Waals surface area (Å²) in [5, 5.41) is 3.38. The second-order valence-electron chi connectivity index (χ2n) is 5.37. The standard InChI is InChI=1S/C15H21N5O/c1-20-7-6-17-14(20)10-18-15-12(2-3-13(16)19-15)11-4-8-21-9-5-11/h2-3,6-7,11H,4-5,8-10H2,1H3,(H3,16,18,19). The van der Waals surface area contributed by atoms with Gasteiger partial charge in [0.05, 0.1) is 6.54 Å². The van der Waals surface area contributed by atoms with Crippen molar-refractivity contribution < 1.29 is 4.74 Å². The maximum atomic E-state index is 5.84. The van der Waals surface area contributed by atoms with Gasteiger partial charge in [-0.05, 0) is 30.4 Å². The molecule has 3 heterocycles. The van der Waals surface area contributed by atoms with Crippen LogP contribution in [0.15, 0.2) is 24.5 Å². The first kappa shape index (κ1) is 13.9. The van der Waals surface area contributed by atoms with E-state index in [0.29, 0.717) is 18.3 Å². The van der Waals surface area contributed by atoms with Gasteiger partial charge < -0.3 is 20.4 Å². The fourth-order valence-electron chi connectivity index (χ4n) is 2.69. The molecule has 3 rings (SSSR count). The Morgan fingerprint density at radius 1 is 1.38 bits per heavy atom. The predicted molar refractivity (Wildman–Crippen MR) is 82.0 cm³/mol. The molecule has 112 valence electrons. The van der Waals surface area contributed by atoms with Gasteiger partial charge in [0.1, 0.15) is 17.5 Å². The molecule has 0 saturated carbocycles. The largest absolute Gasteiger partial charge is 0.384 e. The number of aryl methyl sites for hydroxylation is 1. The van der Waals surface area contributed by atoms with Crippen LogP contribution in [0.4, 0.5) is 11.6 Å². The van der Waals surface area contributed by atoms with Crippen LogP contribution in [0, 0.1) is 0 Å². The average molecular weight is 287 g/mol. The minimum absolute atomic E-state index is 0.482. The molecule has 0 amide bonds. The number of hydrogen-bond acceptors (Lipinski definition) is 5. The highest BCUT2D eigenvalue weighted by Gasteiger charge is 2.20. The summed E-state index contributed by atoms with van der Waals surface area (Å²) in [5.74, 6) is 2.85. The molecule has 0 spiro atoms. The van der Waals surface area contributed by atoms with E-state index < -0.39 is 0 Å². The first-order valence-electron chi connectivity index (χ1n) is 7.28. The Kier molecular flexibility index (Phi) is 4.06. The average Bonchev–Trinajstić information content (AvgIpc) is 2.91. The van der Waals surface area contributed by atoms with Gasteiger partial charge in [0.25, 0.3) is 0 Å². The van der Waals surface area contributed by atoms with E-state index in [9.17, 15) is 0 Å². The molecule has 1 fully saturated rings. The number of nitrogen functional groups attached to an aromatic ring is 1. The van der Waals surface area contributed by atoms with Crippen LogP contribution < -0.4 is 11.1 Å². The number of imidazole rings is 1. The molecule has 0 aromatic carbocycles. The monoisotopic (exact) mass is 287 g/mol. The highest BCUT2D eigenvalue weighted by atomic mass is 16.5. The minimum Gasteiger partial charge on any atom is -0.384 e. The van der Waals surface area contributed by atoms with Gasteiger partial charge in [0.2, 0.25) is 0 Å². The zero-order chi connectivity index (χ0) is 14.7. The van der Waals surface area contributed by atoms with E-state index in [1.54, 1.807) is 6.20 Å². The number of hydrogen-bond donors (Lipinski definition) is 2.